The molecule has 0 spiro atoms. The predicted octanol–water partition coefficient (Wildman–Crippen LogP) is 2.02. The molecule has 1 rings (SSSR count). The van der Waals surface area contributed by atoms with E-state index in [1.807, 2.05) is 6.92 Å². The summed E-state index contributed by atoms with van der Waals surface area (Å²) in [5, 5.41) is 0. The van der Waals surface area contributed by atoms with Gasteiger partial charge in [-0.1, -0.05) is 6.07 Å². The van der Waals surface area contributed by atoms with Gasteiger partial charge in [0.2, 0.25) is 13.7 Å². The van der Waals surface area contributed by atoms with Crippen LogP contribution >= 0.6 is 12.9 Å². The van der Waals surface area contributed by atoms with Gasteiger partial charge < -0.3 is 8.92 Å². The van der Waals surface area contributed by atoms with Crippen LogP contribution in [0.25, 0.3) is 0 Å². The lowest BCUT2D eigenvalue weighted by Gasteiger charge is -2.07. The summed E-state index contributed by atoms with van der Waals surface area (Å²) in [4.78, 5) is 10.4. The smallest absolute Gasteiger partial charge is 0.236 e. The van der Waals surface area contributed by atoms with Gasteiger partial charge in [0.1, 0.15) is 12.4 Å². The minimum atomic E-state index is -0.779. The van der Waals surface area contributed by atoms with E-state index in [0.29, 0.717) is 5.75 Å². The summed E-state index contributed by atoms with van der Waals surface area (Å²) in [6.45, 7) is 2.06. The Morgan fingerprint density at radius 1 is 1.57 bits per heavy atom. The van der Waals surface area contributed by atoms with Gasteiger partial charge in [-0.05, 0) is 30.2 Å². The Bertz CT molecular complexity index is 341. The Kier molecular flexibility index (Phi) is 3.89. The topological polar surface area (TPSA) is 35.5 Å². The zero-order valence-electron chi connectivity index (χ0n) is 7.69. The van der Waals surface area contributed by atoms with E-state index in [9.17, 15) is 4.79 Å². The van der Waals surface area contributed by atoms with Crippen LogP contribution in [0.4, 0.5) is 4.79 Å². The average Bonchev–Trinajstić information content (AvgIpc) is 2.15. The number of ether oxygens (including phenoxy) is 1. The minimum absolute atomic E-state index is 0.175. The molecule has 0 amide bonds. The van der Waals surface area contributed by atoms with Crippen molar-refractivity contribution in [1.29, 1.82) is 0 Å². The van der Waals surface area contributed by atoms with Gasteiger partial charge in [0, 0.05) is 12.9 Å². The van der Waals surface area contributed by atoms with Crippen LogP contribution in [0.3, 0.4) is 0 Å². The second kappa shape index (κ2) is 4.95. The van der Waals surface area contributed by atoms with E-state index in [1.165, 1.54) is 0 Å². The van der Waals surface area contributed by atoms with Gasteiger partial charge in [-0.3, -0.25) is 4.79 Å². The van der Waals surface area contributed by atoms with E-state index in [1.54, 1.807) is 18.2 Å². The fourth-order valence-electron chi connectivity index (χ4n) is 1.04. The molecule has 0 atom stereocenters. The van der Waals surface area contributed by atoms with E-state index in [-0.39, 0.29) is 6.61 Å². The molecule has 3 nitrogen and oxygen atoms in total. The van der Waals surface area contributed by atoms with Crippen LogP contribution in [0.1, 0.15) is 11.1 Å². The molecule has 2 radical (unpaired) electrons. The maximum Gasteiger partial charge on any atom is 0.236 e. The number of thiol groups is 1. The number of carbonyl (C=O) groups is 1. The molecule has 0 fully saturated rings. The van der Waals surface area contributed by atoms with Crippen molar-refractivity contribution < 1.29 is 13.7 Å². The minimum Gasteiger partial charge on any atom is -0.470 e. The third-order valence-electron chi connectivity index (χ3n) is 1.79. The van der Waals surface area contributed by atoms with Gasteiger partial charge in [0.05, 0.1) is 0 Å². The first kappa shape index (κ1) is 11.0. The largest absolute Gasteiger partial charge is 0.470 e. The average molecular weight is 208 g/mol. The number of hydrogen-bond acceptors (Lipinski definition) is 4. The summed E-state index contributed by atoms with van der Waals surface area (Å²) in [5.41, 5.74) is 1.84. The summed E-state index contributed by atoms with van der Waals surface area (Å²) in [6.07, 6.45) is 0. The van der Waals surface area contributed by atoms with Gasteiger partial charge in [-0.25, -0.2) is 0 Å². The Hall–Kier alpha value is -1.10. The van der Waals surface area contributed by atoms with Gasteiger partial charge in [0.25, 0.3) is 0 Å². The molecule has 5 heteroatoms. The maximum atomic E-state index is 10.4. The quantitative estimate of drug-likeness (QED) is 0.469. The lowest BCUT2D eigenvalue weighted by Crippen LogP contribution is -2.02. The second-order valence-corrected chi connectivity index (χ2v) is 2.97. The number of aryl methyl sites for hydroxylation is 1. The molecule has 0 saturated heterocycles. The fourth-order valence-corrected chi connectivity index (χ4v) is 1.15. The van der Waals surface area contributed by atoms with Gasteiger partial charge in [-0.15, -0.1) is 0 Å². The Labute approximate surface area is 89.4 Å². The van der Waals surface area contributed by atoms with Crippen molar-refractivity contribution in [3.05, 3.63) is 29.3 Å². The maximum absolute atomic E-state index is 10.4. The first-order valence-electron chi connectivity index (χ1n) is 3.96. The van der Waals surface area contributed by atoms with Gasteiger partial charge in [0.15, 0.2) is 0 Å². The van der Waals surface area contributed by atoms with Crippen LogP contribution in [0, 0.1) is 6.92 Å². The molecule has 0 aliphatic rings. The SMILES string of the molecule is [B]C(=O)OCc1ccc(OS)cc1C. The summed E-state index contributed by atoms with van der Waals surface area (Å²) < 4.78 is 9.40. The number of rotatable bonds is 3. The lowest BCUT2D eigenvalue weighted by atomic mass is 10.1. The molecule has 0 unspecified atom stereocenters. The Balaban J connectivity index is 2.73. The molecule has 0 aliphatic heterocycles. The fraction of sp³-hybridized carbons (Fsp3) is 0.222. The van der Waals surface area contributed by atoms with Crippen LogP contribution in [-0.4, -0.2) is 13.7 Å². The molecule has 0 N–H and O–H groups in total. The molecule has 0 aromatic heterocycles. The number of carbonyl (C=O) groups excluding carboxylic acids is 1. The first-order chi connectivity index (χ1) is 6.63. The normalized spacial score (nSPS) is 9.57. The summed E-state index contributed by atoms with van der Waals surface area (Å²) in [6, 6.07) is 5.33. The lowest BCUT2D eigenvalue weighted by molar-refractivity contribution is 0.166. The van der Waals surface area contributed by atoms with E-state index >= 15 is 0 Å². The first-order valence-corrected chi connectivity index (χ1v) is 4.33. The second-order valence-electron chi connectivity index (χ2n) is 2.79. The van der Waals surface area contributed by atoms with Crippen LogP contribution in [0.5, 0.6) is 5.75 Å². The van der Waals surface area contributed by atoms with Crippen LogP contribution in [0.15, 0.2) is 18.2 Å². The molecular formula is C9H9BO3S. The zero-order chi connectivity index (χ0) is 10.6. The highest BCUT2D eigenvalue weighted by Gasteiger charge is 2.02. The molecule has 1 aromatic rings. The van der Waals surface area contributed by atoms with Crippen molar-refractivity contribution in [3.63, 3.8) is 0 Å². The highest BCUT2D eigenvalue weighted by molar-refractivity contribution is 7.75. The third-order valence-corrected chi connectivity index (χ3v) is 2.00. The van der Waals surface area contributed by atoms with Crippen LogP contribution < -0.4 is 4.18 Å². The highest BCUT2D eigenvalue weighted by Crippen LogP contribution is 2.18. The molecular weight excluding hydrogens is 199 g/mol. The number of hydrogen-bond donors (Lipinski definition) is 1. The molecule has 0 aliphatic carbocycles. The van der Waals surface area contributed by atoms with Gasteiger partial charge in [-0.2, -0.15) is 0 Å². The van der Waals surface area contributed by atoms with Crippen LogP contribution in [-0.2, 0) is 11.3 Å². The molecule has 14 heavy (non-hydrogen) atoms. The summed E-state index contributed by atoms with van der Waals surface area (Å²) >= 11 is 3.67. The monoisotopic (exact) mass is 208 g/mol. The van der Waals surface area contributed by atoms with Crippen LogP contribution in [0.2, 0.25) is 0 Å². The van der Waals surface area contributed by atoms with Crippen molar-refractivity contribution in [2.45, 2.75) is 13.5 Å². The van der Waals surface area contributed by atoms with E-state index in [2.05, 4.69) is 17.6 Å². The third kappa shape index (κ3) is 2.99. The molecule has 0 heterocycles. The summed E-state index contributed by atoms with van der Waals surface area (Å²) in [5.74, 6) is -0.132. The van der Waals surface area contributed by atoms with Crippen molar-refractivity contribution in [2.75, 3.05) is 0 Å². The van der Waals surface area contributed by atoms with Crippen molar-refractivity contribution >= 4 is 26.6 Å². The predicted molar refractivity (Wildman–Crippen MR) is 56.7 cm³/mol. The number of benzene rings is 1. The van der Waals surface area contributed by atoms with E-state index in [4.69, 9.17) is 12.0 Å². The van der Waals surface area contributed by atoms with Gasteiger partial charge >= 0.3 is 0 Å². The van der Waals surface area contributed by atoms with E-state index in [0.717, 1.165) is 11.1 Å². The Morgan fingerprint density at radius 3 is 2.79 bits per heavy atom. The highest BCUT2D eigenvalue weighted by atomic mass is 32.1. The van der Waals surface area contributed by atoms with Crippen molar-refractivity contribution in [1.82, 2.24) is 0 Å². The van der Waals surface area contributed by atoms with Crippen molar-refractivity contribution in [3.8, 4) is 5.75 Å². The molecule has 0 bridgehead atoms. The zero-order valence-corrected chi connectivity index (χ0v) is 8.58. The standard InChI is InChI=1S/C9H9BO3S/c1-6-4-8(13-14)3-2-7(6)5-12-9(10)11/h2-4,14H,5H2,1H3. The summed E-state index contributed by atoms with van der Waals surface area (Å²) in [7, 11) is 4.85. The van der Waals surface area contributed by atoms with Crippen molar-refractivity contribution in [2.24, 2.45) is 0 Å². The molecule has 0 saturated carbocycles. The molecule has 1 aromatic carbocycles. The molecule has 72 valence electrons. The Morgan fingerprint density at radius 2 is 2.29 bits per heavy atom. The van der Waals surface area contributed by atoms with E-state index < -0.39 is 5.87 Å².